The van der Waals surface area contributed by atoms with Gasteiger partial charge in [-0.3, -0.25) is 4.79 Å². The third kappa shape index (κ3) is 3.67. The van der Waals surface area contributed by atoms with Crippen LogP contribution in [0, 0.1) is 11.3 Å². The topological polar surface area (TPSA) is 78.9 Å². The smallest absolute Gasteiger partial charge is 0.317 e. The summed E-state index contributed by atoms with van der Waals surface area (Å²) < 4.78 is 5.40. The summed E-state index contributed by atoms with van der Waals surface area (Å²) in [6.45, 7) is 10.0. The molecule has 6 nitrogen and oxygen atoms in total. The van der Waals surface area contributed by atoms with Crippen LogP contribution < -0.4 is 5.32 Å². The zero-order valence-electron chi connectivity index (χ0n) is 13.9. The van der Waals surface area contributed by atoms with E-state index in [0.717, 1.165) is 6.42 Å². The highest BCUT2D eigenvalue weighted by Gasteiger charge is 2.45. The van der Waals surface area contributed by atoms with E-state index in [4.69, 9.17) is 4.74 Å². The van der Waals surface area contributed by atoms with Crippen LogP contribution in [0.1, 0.15) is 41.0 Å². The van der Waals surface area contributed by atoms with Gasteiger partial charge in [-0.2, -0.15) is 0 Å². The van der Waals surface area contributed by atoms with Crippen molar-refractivity contribution < 1.29 is 19.4 Å². The number of piperidine rings is 1. The summed E-state index contributed by atoms with van der Waals surface area (Å²) in [5, 5.41) is 12.2. The summed E-state index contributed by atoms with van der Waals surface area (Å²) in [6.07, 6.45) is 0.911. The lowest BCUT2D eigenvalue weighted by atomic mass is 9.74. The molecule has 21 heavy (non-hydrogen) atoms. The molecule has 0 aromatic heterocycles. The van der Waals surface area contributed by atoms with Gasteiger partial charge in [-0.15, -0.1) is 0 Å². The maximum atomic E-state index is 12.4. The highest BCUT2D eigenvalue weighted by atomic mass is 16.5. The molecule has 1 fully saturated rings. The van der Waals surface area contributed by atoms with Gasteiger partial charge in [0.05, 0.1) is 17.1 Å². The van der Waals surface area contributed by atoms with E-state index in [1.54, 1.807) is 39.7 Å². The summed E-state index contributed by atoms with van der Waals surface area (Å²) in [6, 6.07) is -0.233. The lowest BCUT2D eigenvalue weighted by Crippen LogP contribution is -2.61. The van der Waals surface area contributed by atoms with Crippen LogP contribution >= 0.6 is 0 Å². The number of nitrogens with one attached hydrogen (secondary N) is 1. The van der Waals surface area contributed by atoms with E-state index >= 15 is 0 Å². The fraction of sp³-hybridized carbons (Fsp3) is 0.867. The Bertz CT molecular complexity index is 406. The Balaban J connectivity index is 2.75. The van der Waals surface area contributed by atoms with Crippen LogP contribution in [-0.2, 0) is 9.53 Å². The van der Waals surface area contributed by atoms with E-state index in [9.17, 15) is 14.7 Å². The van der Waals surface area contributed by atoms with Crippen molar-refractivity contribution in [3.05, 3.63) is 0 Å². The van der Waals surface area contributed by atoms with Crippen LogP contribution in [0.3, 0.4) is 0 Å². The first kappa shape index (κ1) is 17.8. The fourth-order valence-electron chi connectivity index (χ4n) is 2.30. The number of carbonyl (C=O) groups excluding carboxylic acids is 1. The summed E-state index contributed by atoms with van der Waals surface area (Å²) in [4.78, 5) is 25.5. The quantitative estimate of drug-likeness (QED) is 0.831. The predicted octanol–water partition coefficient (Wildman–Crippen LogP) is 1.94. The van der Waals surface area contributed by atoms with Gasteiger partial charge in [0, 0.05) is 20.2 Å². The van der Waals surface area contributed by atoms with Crippen LogP contribution in [0.2, 0.25) is 0 Å². The van der Waals surface area contributed by atoms with Crippen molar-refractivity contribution in [2.75, 3.05) is 20.2 Å². The normalized spacial score (nSPS) is 23.8. The Morgan fingerprint density at radius 1 is 1.29 bits per heavy atom. The second-order valence-corrected chi connectivity index (χ2v) is 6.97. The summed E-state index contributed by atoms with van der Waals surface area (Å²) in [7, 11) is 1.65. The average Bonchev–Trinajstić information content (AvgIpc) is 2.38. The van der Waals surface area contributed by atoms with Gasteiger partial charge < -0.3 is 20.1 Å². The van der Waals surface area contributed by atoms with Crippen molar-refractivity contribution in [2.24, 2.45) is 11.3 Å². The fourth-order valence-corrected chi connectivity index (χ4v) is 2.30. The standard InChI is InChI=1S/C15H28N2O4/c1-10-7-8-17(9-11(10)21-6)13(20)16-15(4,5)14(2,3)12(18)19/h10-11H,7-9H2,1-6H3,(H,16,20)(H,18,19). The average molecular weight is 300 g/mol. The molecule has 1 heterocycles. The number of ether oxygens (including phenoxy) is 1. The number of hydrogen-bond acceptors (Lipinski definition) is 3. The largest absolute Gasteiger partial charge is 0.481 e. The van der Waals surface area contributed by atoms with E-state index in [0.29, 0.717) is 19.0 Å². The first-order valence-corrected chi connectivity index (χ1v) is 7.36. The number of carboxylic acid groups (broad SMARTS) is 1. The lowest BCUT2D eigenvalue weighted by Gasteiger charge is -2.42. The SMILES string of the molecule is COC1CN(C(=O)NC(C)(C)C(C)(C)C(=O)O)CCC1C. The van der Waals surface area contributed by atoms with Gasteiger partial charge in [0.1, 0.15) is 0 Å². The van der Waals surface area contributed by atoms with Crippen molar-refractivity contribution in [1.82, 2.24) is 10.2 Å². The molecule has 0 saturated carbocycles. The van der Waals surface area contributed by atoms with Gasteiger partial charge in [0.15, 0.2) is 0 Å². The number of amides is 2. The van der Waals surface area contributed by atoms with Crippen LogP contribution in [0.5, 0.6) is 0 Å². The Morgan fingerprint density at radius 3 is 2.33 bits per heavy atom. The molecule has 0 aromatic rings. The zero-order valence-corrected chi connectivity index (χ0v) is 13.9. The Kier molecular flexibility index (Phi) is 5.25. The van der Waals surface area contributed by atoms with E-state index in [1.807, 2.05) is 0 Å². The van der Waals surface area contributed by atoms with Crippen molar-refractivity contribution in [2.45, 2.75) is 52.7 Å². The van der Waals surface area contributed by atoms with E-state index in [-0.39, 0.29) is 12.1 Å². The highest BCUT2D eigenvalue weighted by Crippen LogP contribution is 2.31. The molecular weight excluding hydrogens is 272 g/mol. The van der Waals surface area contributed by atoms with Crippen LogP contribution in [0.15, 0.2) is 0 Å². The first-order valence-electron chi connectivity index (χ1n) is 7.36. The van der Waals surface area contributed by atoms with Gasteiger partial charge in [0.25, 0.3) is 0 Å². The van der Waals surface area contributed by atoms with Gasteiger partial charge >= 0.3 is 12.0 Å². The minimum absolute atomic E-state index is 0.0279. The molecule has 6 heteroatoms. The lowest BCUT2D eigenvalue weighted by molar-refractivity contribution is -0.150. The molecule has 1 aliphatic heterocycles. The van der Waals surface area contributed by atoms with Crippen molar-refractivity contribution in [3.8, 4) is 0 Å². The third-order valence-corrected chi connectivity index (χ3v) is 5.00. The number of hydrogen-bond donors (Lipinski definition) is 2. The molecule has 2 N–H and O–H groups in total. The van der Waals surface area contributed by atoms with Crippen LogP contribution in [-0.4, -0.2) is 53.8 Å². The summed E-state index contributed by atoms with van der Waals surface area (Å²) in [5.74, 6) is -0.516. The molecule has 1 saturated heterocycles. The number of aliphatic carboxylic acids is 1. The molecule has 0 aromatic carbocycles. The van der Waals surface area contributed by atoms with E-state index in [1.165, 1.54) is 0 Å². The minimum atomic E-state index is -1.06. The van der Waals surface area contributed by atoms with Crippen molar-refractivity contribution >= 4 is 12.0 Å². The number of carboxylic acids is 1. The Labute approximate surface area is 126 Å². The first-order chi connectivity index (χ1) is 9.52. The zero-order chi connectivity index (χ0) is 16.4. The highest BCUT2D eigenvalue weighted by molar-refractivity contribution is 5.79. The minimum Gasteiger partial charge on any atom is -0.481 e. The monoisotopic (exact) mass is 300 g/mol. The second-order valence-electron chi connectivity index (χ2n) is 6.97. The number of carbonyl (C=O) groups is 2. The summed E-state index contributed by atoms with van der Waals surface area (Å²) >= 11 is 0. The number of rotatable bonds is 4. The molecule has 0 radical (unpaired) electrons. The van der Waals surface area contributed by atoms with Crippen molar-refractivity contribution in [1.29, 1.82) is 0 Å². The number of urea groups is 1. The maximum absolute atomic E-state index is 12.4. The molecule has 2 amide bonds. The van der Waals surface area contributed by atoms with Crippen LogP contribution in [0.25, 0.3) is 0 Å². The molecule has 0 bridgehead atoms. The molecule has 1 aliphatic rings. The number of likely N-dealkylation sites (tertiary alicyclic amines) is 1. The van der Waals surface area contributed by atoms with Crippen molar-refractivity contribution in [3.63, 3.8) is 0 Å². The molecule has 2 atom stereocenters. The number of nitrogens with zero attached hydrogens (tertiary/aromatic N) is 1. The van der Waals surface area contributed by atoms with Gasteiger partial charge in [-0.05, 0) is 40.0 Å². The van der Waals surface area contributed by atoms with E-state index in [2.05, 4.69) is 12.2 Å². The summed E-state index contributed by atoms with van der Waals surface area (Å²) in [5.41, 5.74) is -1.92. The van der Waals surface area contributed by atoms with E-state index < -0.39 is 16.9 Å². The predicted molar refractivity (Wildman–Crippen MR) is 80.2 cm³/mol. The Hall–Kier alpha value is -1.30. The van der Waals surface area contributed by atoms with Gasteiger partial charge in [0.2, 0.25) is 0 Å². The molecule has 1 rings (SSSR count). The molecule has 0 aliphatic carbocycles. The van der Waals surface area contributed by atoms with Gasteiger partial charge in [-0.1, -0.05) is 6.92 Å². The molecule has 2 unspecified atom stereocenters. The second kappa shape index (κ2) is 6.22. The van der Waals surface area contributed by atoms with Crippen LogP contribution in [0.4, 0.5) is 4.79 Å². The Morgan fingerprint density at radius 2 is 1.86 bits per heavy atom. The molecule has 122 valence electrons. The maximum Gasteiger partial charge on any atom is 0.317 e. The number of methoxy groups -OCH3 is 1. The molecule has 0 spiro atoms. The molecular formula is C15H28N2O4. The van der Waals surface area contributed by atoms with Gasteiger partial charge in [-0.25, -0.2) is 4.79 Å². The third-order valence-electron chi connectivity index (χ3n) is 5.00.